The fraction of sp³-hybridized carbons (Fsp3) is 0.0667. The van der Waals surface area contributed by atoms with Gasteiger partial charge in [0.1, 0.15) is 0 Å². The van der Waals surface area contributed by atoms with Gasteiger partial charge in [0.25, 0.3) is 5.91 Å². The highest BCUT2D eigenvalue weighted by Gasteiger charge is 2.17. The number of carboxylic acids is 1. The second-order valence-corrected chi connectivity index (χ2v) is 5.67. The number of hydrogen-bond acceptors (Lipinski definition) is 2. The van der Waals surface area contributed by atoms with Gasteiger partial charge in [-0.3, -0.25) is 4.79 Å². The lowest BCUT2D eigenvalue weighted by Gasteiger charge is -2.11. The van der Waals surface area contributed by atoms with Gasteiger partial charge in [0.05, 0.1) is 21.8 Å². The second-order valence-electron chi connectivity index (χ2n) is 4.40. The van der Waals surface area contributed by atoms with Crippen molar-refractivity contribution in [2.45, 2.75) is 6.92 Å². The molecular formula is C15H11BrClNO3. The van der Waals surface area contributed by atoms with E-state index in [1.165, 1.54) is 18.2 Å². The smallest absolute Gasteiger partial charge is 0.337 e. The molecule has 0 aromatic heterocycles. The first kappa shape index (κ1) is 15.5. The van der Waals surface area contributed by atoms with Crippen molar-refractivity contribution in [2.75, 3.05) is 5.32 Å². The van der Waals surface area contributed by atoms with E-state index in [1.54, 1.807) is 18.2 Å². The van der Waals surface area contributed by atoms with Crippen LogP contribution in [0, 0.1) is 6.92 Å². The zero-order valence-corrected chi connectivity index (χ0v) is 13.3. The summed E-state index contributed by atoms with van der Waals surface area (Å²) >= 11 is 9.30. The maximum atomic E-state index is 12.3. The third kappa shape index (κ3) is 3.43. The topological polar surface area (TPSA) is 66.4 Å². The van der Waals surface area contributed by atoms with Gasteiger partial charge in [-0.25, -0.2) is 4.79 Å². The first-order chi connectivity index (χ1) is 9.90. The number of benzene rings is 2. The van der Waals surface area contributed by atoms with Gasteiger partial charge in [-0.05, 0) is 52.7 Å². The number of aromatic carboxylic acids is 1. The average Bonchev–Trinajstić information content (AvgIpc) is 2.40. The summed E-state index contributed by atoms with van der Waals surface area (Å²) in [5, 5.41) is 11.9. The minimum absolute atomic E-state index is 0.0564. The Morgan fingerprint density at radius 2 is 1.90 bits per heavy atom. The van der Waals surface area contributed by atoms with Crippen LogP contribution in [0.15, 0.2) is 40.9 Å². The van der Waals surface area contributed by atoms with Crippen LogP contribution in [0.5, 0.6) is 0 Å². The van der Waals surface area contributed by atoms with E-state index in [-0.39, 0.29) is 16.3 Å². The molecule has 0 radical (unpaired) electrons. The van der Waals surface area contributed by atoms with Crippen molar-refractivity contribution in [1.82, 2.24) is 0 Å². The molecule has 0 spiro atoms. The fourth-order valence-corrected chi connectivity index (χ4v) is 2.71. The summed E-state index contributed by atoms with van der Waals surface area (Å²) in [6.45, 7) is 1.91. The van der Waals surface area contributed by atoms with E-state index >= 15 is 0 Å². The molecule has 108 valence electrons. The van der Waals surface area contributed by atoms with Crippen LogP contribution in [0.25, 0.3) is 0 Å². The fourth-order valence-electron chi connectivity index (χ4n) is 1.81. The monoisotopic (exact) mass is 367 g/mol. The number of rotatable bonds is 3. The Kier molecular flexibility index (Phi) is 4.65. The Bertz CT molecular complexity index is 731. The summed E-state index contributed by atoms with van der Waals surface area (Å²) in [6.07, 6.45) is 0. The predicted molar refractivity (Wildman–Crippen MR) is 85.2 cm³/mol. The van der Waals surface area contributed by atoms with Crippen LogP contribution < -0.4 is 5.32 Å². The number of anilines is 1. The maximum absolute atomic E-state index is 12.3. The highest BCUT2D eigenvalue weighted by molar-refractivity contribution is 9.10. The standard InChI is InChI=1S/C15H11BrClNO3/c1-8-5-6-9(11(16)7-8)14(19)18-13-10(15(20)21)3-2-4-12(13)17/h2-7H,1H3,(H,18,19)(H,20,21). The van der Waals surface area contributed by atoms with Crippen molar-refractivity contribution < 1.29 is 14.7 Å². The number of aryl methyl sites for hydroxylation is 1. The largest absolute Gasteiger partial charge is 0.478 e. The van der Waals surface area contributed by atoms with Gasteiger partial charge in [0.2, 0.25) is 0 Å². The number of amides is 1. The average molecular weight is 369 g/mol. The molecule has 0 bridgehead atoms. The molecule has 2 N–H and O–H groups in total. The molecule has 1 amide bonds. The van der Waals surface area contributed by atoms with E-state index in [2.05, 4.69) is 21.2 Å². The van der Waals surface area contributed by atoms with Crippen LogP contribution in [0.2, 0.25) is 5.02 Å². The zero-order valence-electron chi connectivity index (χ0n) is 11.0. The van der Waals surface area contributed by atoms with Crippen LogP contribution in [-0.4, -0.2) is 17.0 Å². The molecule has 0 unspecified atom stereocenters. The third-order valence-electron chi connectivity index (χ3n) is 2.85. The van der Waals surface area contributed by atoms with Crippen LogP contribution >= 0.6 is 27.5 Å². The lowest BCUT2D eigenvalue weighted by molar-refractivity contribution is 0.0698. The highest BCUT2D eigenvalue weighted by atomic mass is 79.9. The van der Waals surface area contributed by atoms with Crippen molar-refractivity contribution >= 4 is 45.1 Å². The van der Waals surface area contributed by atoms with Gasteiger partial charge in [0.15, 0.2) is 0 Å². The van der Waals surface area contributed by atoms with Gasteiger partial charge in [-0.15, -0.1) is 0 Å². The van der Waals surface area contributed by atoms with Crippen LogP contribution in [0.3, 0.4) is 0 Å². The molecule has 0 aliphatic carbocycles. The zero-order chi connectivity index (χ0) is 15.6. The van der Waals surface area contributed by atoms with E-state index < -0.39 is 11.9 Å². The van der Waals surface area contributed by atoms with Gasteiger partial charge in [-0.2, -0.15) is 0 Å². The van der Waals surface area contributed by atoms with Crippen molar-refractivity contribution in [3.8, 4) is 0 Å². The highest BCUT2D eigenvalue weighted by Crippen LogP contribution is 2.27. The molecule has 21 heavy (non-hydrogen) atoms. The van der Waals surface area contributed by atoms with Crippen molar-refractivity contribution in [3.05, 3.63) is 62.6 Å². The lowest BCUT2D eigenvalue weighted by Crippen LogP contribution is -2.15. The Morgan fingerprint density at radius 1 is 1.19 bits per heavy atom. The maximum Gasteiger partial charge on any atom is 0.337 e. The summed E-state index contributed by atoms with van der Waals surface area (Å²) in [4.78, 5) is 23.5. The molecule has 2 rings (SSSR count). The van der Waals surface area contributed by atoms with Crippen LogP contribution in [0.4, 0.5) is 5.69 Å². The van der Waals surface area contributed by atoms with Crippen LogP contribution in [0.1, 0.15) is 26.3 Å². The Labute approximate surface area is 134 Å². The summed E-state index contributed by atoms with van der Waals surface area (Å²) in [6, 6.07) is 9.68. The Balaban J connectivity index is 2.38. The van der Waals surface area contributed by atoms with E-state index in [4.69, 9.17) is 16.7 Å². The minimum atomic E-state index is -1.16. The number of carbonyl (C=O) groups excluding carboxylic acids is 1. The molecular weight excluding hydrogens is 358 g/mol. The quantitative estimate of drug-likeness (QED) is 0.846. The summed E-state index contributed by atoms with van der Waals surface area (Å²) in [7, 11) is 0. The summed E-state index contributed by atoms with van der Waals surface area (Å²) in [5.74, 6) is -1.59. The molecule has 2 aromatic carbocycles. The molecule has 2 aromatic rings. The molecule has 0 atom stereocenters. The number of para-hydroxylation sites is 1. The lowest BCUT2D eigenvalue weighted by atomic mass is 10.1. The molecule has 4 nitrogen and oxygen atoms in total. The third-order valence-corrected chi connectivity index (χ3v) is 3.82. The second kappa shape index (κ2) is 6.28. The number of hydrogen-bond donors (Lipinski definition) is 2. The number of carboxylic acid groups (broad SMARTS) is 1. The molecule has 0 fully saturated rings. The number of halogens is 2. The van der Waals surface area contributed by atoms with E-state index in [0.29, 0.717) is 10.0 Å². The van der Waals surface area contributed by atoms with Crippen molar-refractivity contribution in [3.63, 3.8) is 0 Å². The normalized spacial score (nSPS) is 10.2. The SMILES string of the molecule is Cc1ccc(C(=O)Nc2c(Cl)cccc2C(=O)O)c(Br)c1. The van der Waals surface area contributed by atoms with Crippen LogP contribution in [-0.2, 0) is 0 Å². The Morgan fingerprint density at radius 3 is 2.52 bits per heavy atom. The van der Waals surface area contributed by atoms with Crippen molar-refractivity contribution in [1.29, 1.82) is 0 Å². The first-order valence-electron chi connectivity index (χ1n) is 5.99. The number of carbonyl (C=O) groups is 2. The van der Waals surface area contributed by atoms with E-state index in [0.717, 1.165) is 5.56 Å². The van der Waals surface area contributed by atoms with Gasteiger partial charge >= 0.3 is 5.97 Å². The van der Waals surface area contributed by atoms with Gasteiger partial charge in [0, 0.05) is 4.47 Å². The summed E-state index contributed by atoms with van der Waals surface area (Å²) in [5.41, 5.74) is 1.43. The van der Waals surface area contributed by atoms with Gasteiger partial charge in [-0.1, -0.05) is 23.7 Å². The predicted octanol–water partition coefficient (Wildman–Crippen LogP) is 4.36. The molecule has 0 aliphatic heterocycles. The van der Waals surface area contributed by atoms with Gasteiger partial charge < -0.3 is 10.4 Å². The molecule has 0 saturated carbocycles. The van der Waals surface area contributed by atoms with Crippen molar-refractivity contribution in [2.24, 2.45) is 0 Å². The van der Waals surface area contributed by atoms with E-state index in [9.17, 15) is 9.59 Å². The first-order valence-corrected chi connectivity index (χ1v) is 7.16. The summed E-state index contributed by atoms with van der Waals surface area (Å²) < 4.78 is 0.629. The van der Waals surface area contributed by atoms with E-state index in [1.807, 2.05) is 6.92 Å². The molecule has 6 heteroatoms. The number of nitrogens with one attached hydrogen (secondary N) is 1. The Hall–Kier alpha value is -1.85. The minimum Gasteiger partial charge on any atom is -0.478 e. The molecule has 0 saturated heterocycles. The molecule has 0 aliphatic rings. The molecule has 0 heterocycles.